The van der Waals surface area contributed by atoms with Crippen LogP contribution >= 0.6 is 11.6 Å². The van der Waals surface area contributed by atoms with Crippen molar-refractivity contribution < 1.29 is 19.1 Å². The lowest BCUT2D eigenvalue weighted by molar-refractivity contribution is -0.121. The van der Waals surface area contributed by atoms with Crippen molar-refractivity contribution in [2.75, 3.05) is 25.1 Å². The number of nitrogens with one attached hydrogen (secondary N) is 1. The number of rotatable bonds is 6. The summed E-state index contributed by atoms with van der Waals surface area (Å²) in [5.74, 6) is -0.509. The second kappa shape index (κ2) is 7.72. The van der Waals surface area contributed by atoms with E-state index in [0.717, 1.165) is 0 Å². The van der Waals surface area contributed by atoms with Gasteiger partial charge >= 0.3 is 0 Å². The van der Waals surface area contributed by atoms with E-state index in [0.29, 0.717) is 35.9 Å². The number of amides is 1. The van der Waals surface area contributed by atoms with Gasteiger partial charge in [0.15, 0.2) is 5.78 Å². The normalized spacial score (nSPS) is 17.7. The van der Waals surface area contributed by atoms with Gasteiger partial charge in [-0.2, -0.15) is 0 Å². The van der Waals surface area contributed by atoms with Crippen LogP contribution in [0.5, 0.6) is 0 Å². The van der Waals surface area contributed by atoms with Gasteiger partial charge in [-0.3, -0.25) is 9.59 Å². The van der Waals surface area contributed by atoms with Gasteiger partial charge in [-0.1, -0.05) is 11.6 Å². The van der Waals surface area contributed by atoms with Crippen molar-refractivity contribution in [1.29, 1.82) is 0 Å². The van der Waals surface area contributed by atoms with E-state index in [4.69, 9.17) is 21.1 Å². The van der Waals surface area contributed by atoms with E-state index in [9.17, 15) is 9.59 Å². The first-order valence-corrected chi connectivity index (χ1v) is 7.68. The van der Waals surface area contributed by atoms with Crippen LogP contribution in [0.2, 0.25) is 5.02 Å². The number of hydrogen-bond donors (Lipinski definition) is 1. The molecular formula is C16H20ClNO4. The minimum Gasteiger partial charge on any atom is -0.381 e. The quantitative estimate of drug-likeness (QED) is 0.817. The second-order valence-electron chi connectivity index (χ2n) is 5.52. The molecule has 1 atom stereocenters. The Morgan fingerprint density at radius 2 is 2.23 bits per heavy atom. The first kappa shape index (κ1) is 16.9. The summed E-state index contributed by atoms with van der Waals surface area (Å²) in [4.78, 5) is 24.4. The highest BCUT2D eigenvalue weighted by Gasteiger charge is 2.26. The first-order valence-electron chi connectivity index (χ1n) is 7.30. The number of ether oxygens (including phenoxy) is 2. The number of anilines is 1. The van der Waals surface area contributed by atoms with E-state index >= 15 is 0 Å². The van der Waals surface area contributed by atoms with Crippen molar-refractivity contribution in [2.24, 2.45) is 5.92 Å². The molecule has 0 saturated carbocycles. The maximum absolute atomic E-state index is 12.5. The van der Waals surface area contributed by atoms with Crippen molar-refractivity contribution in [1.82, 2.24) is 0 Å². The molecule has 0 radical (unpaired) electrons. The average Bonchev–Trinajstić information content (AvgIpc) is 2.99. The van der Waals surface area contributed by atoms with E-state index in [1.54, 1.807) is 18.2 Å². The summed E-state index contributed by atoms with van der Waals surface area (Å²) in [6, 6.07) is 4.87. The summed E-state index contributed by atoms with van der Waals surface area (Å²) in [5.41, 5.74) is 0.875. The molecule has 0 bridgehead atoms. The van der Waals surface area contributed by atoms with Crippen molar-refractivity contribution in [2.45, 2.75) is 26.4 Å². The van der Waals surface area contributed by atoms with Gasteiger partial charge in [0, 0.05) is 23.1 Å². The first-order chi connectivity index (χ1) is 10.5. The molecular weight excluding hydrogens is 306 g/mol. The van der Waals surface area contributed by atoms with Crippen molar-refractivity contribution in [3.63, 3.8) is 0 Å². The van der Waals surface area contributed by atoms with Gasteiger partial charge in [0.1, 0.15) is 6.61 Å². The van der Waals surface area contributed by atoms with Crippen LogP contribution in [-0.4, -0.2) is 37.6 Å². The fourth-order valence-electron chi connectivity index (χ4n) is 2.22. The number of Topliss-reactive ketones (excluding diaryl/α,β-unsaturated/α-hetero) is 1. The third-order valence-corrected chi connectivity index (χ3v) is 3.60. The molecule has 1 unspecified atom stereocenters. The van der Waals surface area contributed by atoms with Gasteiger partial charge in [-0.05, 0) is 38.5 Å². The molecule has 22 heavy (non-hydrogen) atoms. The molecule has 1 aliphatic rings. The summed E-state index contributed by atoms with van der Waals surface area (Å²) in [5, 5.41) is 3.16. The van der Waals surface area contributed by atoms with Crippen LogP contribution in [0, 0.1) is 5.92 Å². The molecule has 0 aliphatic carbocycles. The standard InChI is InChI=1S/C16H20ClNO4/c1-10(2)22-9-15(19)18-14-7-12(17)3-4-13(14)16(20)11-5-6-21-8-11/h3-4,7,10-11H,5-6,8-9H2,1-2H3,(H,18,19). The highest BCUT2D eigenvalue weighted by atomic mass is 35.5. The van der Waals surface area contributed by atoms with Crippen molar-refractivity contribution in [3.05, 3.63) is 28.8 Å². The lowest BCUT2D eigenvalue weighted by Gasteiger charge is -2.14. The van der Waals surface area contributed by atoms with Gasteiger partial charge < -0.3 is 14.8 Å². The Morgan fingerprint density at radius 1 is 1.45 bits per heavy atom. The van der Waals surface area contributed by atoms with E-state index in [1.165, 1.54) is 0 Å². The molecule has 6 heteroatoms. The molecule has 1 aromatic rings. The number of carbonyl (C=O) groups is 2. The summed E-state index contributed by atoms with van der Waals surface area (Å²) in [6.45, 7) is 4.65. The topological polar surface area (TPSA) is 64.6 Å². The van der Waals surface area contributed by atoms with Crippen LogP contribution < -0.4 is 5.32 Å². The smallest absolute Gasteiger partial charge is 0.250 e. The zero-order chi connectivity index (χ0) is 16.1. The Kier molecular flexibility index (Phi) is 5.94. The fourth-order valence-corrected chi connectivity index (χ4v) is 2.40. The molecule has 1 heterocycles. The molecule has 1 fully saturated rings. The van der Waals surface area contributed by atoms with Crippen LogP contribution in [-0.2, 0) is 14.3 Å². The van der Waals surface area contributed by atoms with E-state index in [2.05, 4.69) is 5.32 Å². The molecule has 0 spiro atoms. The minimum absolute atomic E-state index is 0.0331. The Hall–Kier alpha value is -1.43. The maximum atomic E-state index is 12.5. The highest BCUT2D eigenvalue weighted by molar-refractivity contribution is 6.31. The second-order valence-corrected chi connectivity index (χ2v) is 5.96. The SMILES string of the molecule is CC(C)OCC(=O)Nc1cc(Cl)ccc1C(=O)C1CCOC1. The van der Waals surface area contributed by atoms with Crippen LogP contribution in [0.1, 0.15) is 30.6 Å². The lowest BCUT2D eigenvalue weighted by Crippen LogP contribution is -2.23. The van der Waals surface area contributed by atoms with Crippen LogP contribution in [0.4, 0.5) is 5.69 Å². The summed E-state index contributed by atoms with van der Waals surface area (Å²) in [7, 11) is 0. The number of carbonyl (C=O) groups excluding carboxylic acids is 2. The van der Waals surface area contributed by atoms with Crippen molar-refractivity contribution in [3.8, 4) is 0 Å². The molecule has 0 aromatic heterocycles. The third kappa shape index (κ3) is 4.53. The Morgan fingerprint density at radius 3 is 2.86 bits per heavy atom. The molecule has 1 aliphatic heterocycles. The predicted octanol–water partition coefficient (Wildman–Crippen LogP) is 2.92. The van der Waals surface area contributed by atoms with Gasteiger partial charge in [0.2, 0.25) is 5.91 Å². The van der Waals surface area contributed by atoms with Gasteiger partial charge in [-0.25, -0.2) is 0 Å². The van der Waals surface area contributed by atoms with Crippen LogP contribution in [0.15, 0.2) is 18.2 Å². The largest absolute Gasteiger partial charge is 0.381 e. The van der Waals surface area contributed by atoms with E-state index in [-0.39, 0.29) is 30.3 Å². The monoisotopic (exact) mass is 325 g/mol. The molecule has 1 aromatic carbocycles. The Bertz CT molecular complexity index is 553. The van der Waals surface area contributed by atoms with Gasteiger partial charge in [0.25, 0.3) is 0 Å². The summed E-state index contributed by atoms with van der Waals surface area (Å²) < 4.78 is 10.5. The third-order valence-electron chi connectivity index (χ3n) is 3.37. The molecule has 1 N–H and O–H groups in total. The maximum Gasteiger partial charge on any atom is 0.250 e. The van der Waals surface area contributed by atoms with E-state index in [1.807, 2.05) is 13.8 Å². The molecule has 120 valence electrons. The van der Waals surface area contributed by atoms with Crippen molar-refractivity contribution >= 4 is 29.0 Å². The van der Waals surface area contributed by atoms with Crippen LogP contribution in [0.3, 0.4) is 0 Å². The lowest BCUT2D eigenvalue weighted by atomic mass is 9.96. The minimum atomic E-state index is -0.312. The Balaban J connectivity index is 2.13. The Labute approximate surface area is 134 Å². The predicted molar refractivity (Wildman–Crippen MR) is 84.4 cm³/mol. The number of ketones is 1. The van der Waals surface area contributed by atoms with Gasteiger partial charge in [-0.15, -0.1) is 0 Å². The molecule has 1 amide bonds. The zero-order valence-electron chi connectivity index (χ0n) is 12.7. The number of benzene rings is 1. The molecule has 1 saturated heterocycles. The number of hydrogen-bond acceptors (Lipinski definition) is 4. The molecule has 2 rings (SSSR count). The highest BCUT2D eigenvalue weighted by Crippen LogP contribution is 2.26. The summed E-state index contributed by atoms with van der Waals surface area (Å²) >= 11 is 5.97. The zero-order valence-corrected chi connectivity index (χ0v) is 13.5. The number of halogens is 1. The van der Waals surface area contributed by atoms with E-state index < -0.39 is 0 Å². The van der Waals surface area contributed by atoms with Gasteiger partial charge in [0.05, 0.1) is 18.4 Å². The average molecular weight is 326 g/mol. The summed E-state index contributed by atoms with van der Waals surface area (Å²) in [6.07, 6.45) is 0.660. The fraction of sp³-hybridized carbons (Fsp3) is 0.500. The van der Waals surface area contributed by atoms with Crippen LogP contribution in [0.25, 0.3) is 0 Å². The molecule has 5 nitrogen and oxygen atoms in total.